The molecule has 2 aromatic rings. The summed E-state index contributed by atoms with van der Waals surface area (Å²) >= 11 is 3.24. The smallest absolute Gasteiger partial charge is 0.264 e. The molecule has 0 aliphatic heterocycles. The van der Waals surface area contributed by atoms with E-state index in [0.29, 0.717) is 21.5 Å². The Morgan fingerprint density at radius 3 is 2.50 bits per heavy atom. The summed E-state index contributed by atoms with van der Waals surface area (Å²) in [5.41, 5.74) is 7.61. The molecule has 0 amide bonds. The second kappa shape index (κ2) is 5.41. The zero-order valence-electron chi connectivity index (χ0n) is 11.0. The molecule has 0 radical (unpaired) electrons. The molecule has 3 N–H and O–H groups in total. The highest BCUT2D eigenvalue weighted by molar-refractivity contribution is 9.10. The van der Waals surface area contributed by atoms with Crippen molar-refractivity contribution in [2.75, 3.05) is 10.5 Å². The maximum atomic E-state index is 12.4. The van der Waals surface area contributed by atoms with Gasteiger partial charge in [0, 0.05) is 0 Å². The number of nitrogens with two attached hydrogens (primary N) is 1. The van der Waals surface area contributed by atoms with E-state index < -0.39 is 10.0 Å². The third kappa shape index (κ3) is 2.94. The molecule has 1 heterocycles. The van der Waals surface area contributed by atoms with Crippen LogP contribution in [0.4, 0.5) is 11.4 Å². The number of nitrogens with zero attached hydrogens (tertiary/aromatic N) is 1. The average molecular weight is 356 g/mol. The van der Waals surface area contributed by atoms with E-state index >= 15 is 0 Å². The SMILES string of the molecule is Cc1cccc(N)c1S(=O)(=O)Nc1ccc(Br)nc1C. The van der Waals surface area contributed by atoms with Gasteiger partial charge in [-0.05, 0) is 53.5 Å². The van der Waals surface area contributed by atoms with E-state index in [-0.39, 0.29) is 10.6 Å². The van der Waals surface area contributed by atoms with E-state index in [4.69, 9.17) is 5.73 Å². The summed E-state index contributed by atoms with van der Waals surface area (Å²) in [5.74, 6) is 0. The zero-order chi connectivity index (χ0) is 14.9. The Bertz CT molecular complexity index is 740. The van der Waals surface area contributed by atoms with E-state index in [9.17, 15) is 8.42 Å². The summed E-state index contributed by atoms with van der Waals surface area (Å²) in [7, 11) is -3.74. The highest BCUT2D eigenvalue weighted by atomic mass is 79.9. The van der Waals surface area contributed by atoms with Crippen molar-refractivity contribution in [2.45, 2.75) is 18.7 Å². The fourth-order valence-corrected chi connectivity index (χ4v) is 3.75. The molecule has 0 saturated carbocycles. The summed E-state index contributed by atoms with van der Waals surface area (Å²) < 4.78 is 28.1. The average Bonchev–Trinajstić information content (AvgIpc) is 2.32. The minimum Gasteiger partial charge on any atom is -0.398 e. The Morgan fingerprint density at radius 2 is 1.90 bits per heavy atom. The van der Waals surface area contributed by atoms with Crippen LogP contribution < -0.4 is 10.5 Å². The first-order valence-corrected chi connectivity index (χ1v) is 8.10. The van der Waals surface area contributed by atoms with Crippen LogP contribution in [0.2, 0.25) is 0 Å². The standard InChI is InChI=1S/C13H14BrN3O2S/c1-8-4-3-5-10(15)13(8)20(18,19)17-11-6-7-12(14)16-9(11)2/h3-7,17H,15H2,1-2H3. The number of sulfonamides is 1. The molecule has 0 unspecified atom stereocenters. The van der Waals surface area contributed by atoms with Gasteiger partial charge in [-0.15, -0.1) is 0 Å². The molecule has 0 aliphatic rings. The minimum atomic E-state index is -3.74. The van der Waals surface area contributed by atoms with E-state index in [2.05, 4.69) is 25.6 Å². The van der Waals surface area contributed by atoms with Crippen LogP contribution in [0.15, 0.2) is 39.8 Å². The van der Waals surface area contributed by atoms with E-state index in [1.165, 1.54) is 0 Å². The molecule has 0 fully saturated rings. The van der Waals surface area contributed by atoms with Crippen LogP contribution in [0, 0.1) is 13.8 Å². The lowest BCUT2D eigenvalue weighted by atomic mass is 10.2. The van der Waals surface area contributed by atoms with Crippen molar-refractivity contribution in [3.63, 3.8) is 0 Å². The van der Waals surface area contributed by atoms with Crippen LogP contribution in [0.3, 0.4) is 0 Å². The molecule has 7 heteroatoms. The van der Waals surface area contributed by atoms with E-state index in [1.807, 2.05) is 0 Å². The number of pyridine rings is 1. The van der Waals surface area contributed by atoms with Crippen LogP contribution in [0.5, 0.6) is 0 Å². The van der Waals surface area contributed by atoms with Crippen LogP contribution in [-0.2, 0) is 10.0 Å². The van der Waals surface area contributed by atoms with Crippen LogP contribution in [-0.4, -0.2) is 13.4 Å². The lowest BCUT2D eigenvalue weighted by Gasteiger charge is -2.13. The Morgan fingerprint density at radius 1 is 1.20 bits per heavy atom. The Hall–Kier alpha value is -1.60. The first-order valence-electron chi connectivity index (χ1n) is 5.82. The predicted molar refractivity (Wildman–Crippen MR) is 83.1 cm³/mol. The summed E-state index contributed by atoms with van der Waals surface area (Å²) in [5, 5.41) is 0. The van der Waals surface area contributed by atoms with Crippen LogP contribution >= 0.6 is 15.9 Å². The number of benzene rings is 1. The number of hydrogen-bond donors (Lipinski definition) is 2. The molecular weight excluding hydrogens is 342 g/mol. The largest absolute Gasteiger partial charge is 0.398 e. The quantitative estimate of drug-likeness (QED) is 0.654. The third-order valence-electron chi connectivity index (χ3n) is 2.81. The minimum absolute atomic E-state index is 0.0994. The van der Waals surface area contributed by atoms with Crippen LogP contribution in [0.25, 0.3) is 0 Å². The van der Waals surface area contributed by atoms with Gasteiger partial charge in [-0.25, -0.2) is 13.4 Å². The summed E-state index contributed by atoms with van der Waals surface area (Å²) in [6.07, 6.45) is 0. The van der Waals surface area contributed by atoms with Crippen molar-refractivity contribution in [3.05, 3.63) is 46.2 Å². The second-order valence-corrected chi connectivity index (χ2v) is 6.80. The first-order chi connectivity index (χ1) is 9.31. The van der Waals surface area contributed by atoms with Crippen LogP contribution in [0.1, 0.15) is 11.3 Å². The number of aromatic nitrogens is 1. The van der Waals surface area contributed by atoms with Crippen molar-refractivity contribution in [3.8, 4) is 0 Å². The second-order valence-electron chi connectivity index (χ2n) is 4.37. The summed E-state index contributed by atoms with van der Waals surface area (Å²) in [6, 6.07) is 8.31. The third-order valence-corrected chi connectivity index (χ3v) is 4.83. The molecular formula is C13H14BrN3O2S. The molecule has 106 valence electrons. The van der Waals surface area contributed by atoms with Crippen molar-refractivity contribution >= 4 is 37.3 Å². The van der Waals surface area contributed by atoms with Crippen molar-refractivity contribution < 1.29 is 8.42 Å². The number of aryl methyl sites for hydroxylation is 2. The number of rotatable bonds is 3. The maximum Gasteiger partial charge on any atom is 0.264 e. The normalized spacial score (nSPS) is 11.3. The summed E-state index contributed by atoms with van der Waals surface area (Å²) in [4.78, 5) is 4.25. The highest BCUT2D eigenvalue weighted by Gasteiger charge is 2.20. The fourth-order valence-electron chi connectivity index (χ4n) is 1.88. The topological polar surface area (TPSA) is 85.1 Å². The fraction of sp³-hybridized carbons (Fsp3) is 0.154. The van der Waals surface area contributed by atoms with Gasteiger partial charge in [-0.2, -0.15) is 0 Å². The molecule has 0 atom stereocenters. The number of nitrogens with one attached hydrogen (secondary N) is 1. The molecule has 0 saturated heterocycles. The van der Waals surface area contributed by atoms with Crippen molar-refractivity contribution in [1.29, 1.82) is 0 Å². The lowest BCUT2D eigenvalue weighted by Crippen LogP contribution is -2.17. The monoisotopic (exact) mass is 355 g/mol. The Labute approximate surface area is 126 Å². The van der Waals surface area contributed by atoms with Gasteiger partial charge in [0.15, 0.2) is 0 Å². The molecule has 2 rings (SSSR count). The predicted octanol–water partition coefficient (Wildman–Crippen LogP) is 2.84. The van der Waals surface area contributed by atoms with Gasteiger partial charge in [0.25, 0.3) is 10.0 Å². The Balaban J connectivity index is 2.46. The van der Waals surface area contributed by atoms with Gasteiger partial charge < -0.3 is 5.73 Å². The van der Waals surface area contributed by atoms with Gasteiger partial charge in [-0.3, -0.25) is 4.72 Å². The molecule has 20 heavy (non-hydrogen) atoms. The van der Waals surface area contributed by atoms with E-state index in [1.54, 1.807) is 44.2 Å². The van der Waals surface area contributed by atoms with Gasteiger partial charge in [-0.1, -0.05) is 12.1 Å². The van der Waals surface area contributed by atoms with Gasteiger partial charge in [0.05, 0.1) is 17.1 Å². The van der Waals surface area contributed by atoms with Gasteiger partial charge in [0.1, 0.15) is 9.50 Å². The first kappa shape index (κ1) is 14.8. The maximum absolute atomic E-state index is 12.4. The Kier molecular flexibility index (Phi) is 4.01. The number of hydrogen-bond acceptors (Lipinski definition) is 4. The van der Waals surface area contributed by atoms with Gasteiger partial charge in [0.2, 0.25) is 0 Å². The summed E-state index contributed by atoms with van der Waals surface area (Å²) in [6.45, 7) is 3.43. The van der Waals surface area contributed by atoms with Gasteiger partial charge >= 0.3 is 0 Å². The zero-order valence-corrected chi connectivity index (χ0v) is 13.4. The molecule has 0 spiro atoms. The highest BCUT2D eigenvalue weighted by Crippen LogP contribution is 2.26. The van der Waals surface area contributed by atoms with E-state index in [0.717, 1.165) is 0 Å². The number of anilines is 2. The molecule has 1 aromatic heterocycles. The number of nitrogen functional groups attached to an aromatic ring is 1. The molecule has 5 nitrogen and oxygen atoms in total. The molecule has 0 aliphatic carbocycles. The number of halogens is 1. The molecule has 1 aromatic carbocycles. The van der Waals surface area contributed by atoms with Crippen molar-refractivity contribution in [1.82, 2.24) is 4.98 Å². The van der Waals surface area contributed by atoms with Crippen molar-refractivity contribution in [2.24, 2.45) is 0 Å². The molecule has 0 bridgehead atoms. The lowest BCUT2D eigenvalue weighted by molar-refractivity contribution is 0.601.